The topological polar surface area (TPSA) is 110 Å². The molecule has 44 heavy (non-hydrogen) atoms. The van der Waals surface area contributed by atoms with Gasteiger partial charge in [0.05, 0.1) is 17.4 Å². The van der Waals surface area contributed by atoms with Crippen LogP contribution in [-0.4, -0.2) is 48.8 Å². The van der Waals surface area contributed by atoms with Gasteiger partial charge < -0.3 is 20.3 Å². The summed E-state index contributed by atoms with van der Waals surface area (Å²) in [6, 6.07) is 19.9. The minimum atomic E-state index is -0.497. The molecular formula is C34H33FN6O3. The van der Waals surface area contributed by atoms with Crippen LogP contribution in [0.5, 0.6) is 5.75 Å². The first-order valence-electron chi connectivity index (χ1n) is 14.3. The first-order chi connectivity index (χ1) is 21.2. The van der Waals surface area contributed by atoms with Gasteiger partial charge >= 0.3 is 0 Å². The molecule has 1 aliphatic rings. The molecule has 1 atom stereocenters. The molecule has 6 rings (SSSR count). The normalized spacial score (nSPS) is 14.4. The highest BCUT2D eigenvalue weighted by molar-refractivity contribution is 6.12. The van der Waals surface area contributed by atoms with Crippen molar-refractivity contribution < 1.29 is 19.1 Å². The lowest BCUT2D eigenvalue weighted by Crippen LogP contribution is -2.48. The zero-order valence-electron chi connectivity index (χ0n) is 24.7. The van der Waals surface area contributed by atoms with Crippen molar-refractivity contribution in [1.29, 1.82) is 0 Å². The number of rotatable bonds is 6. The van der Waals surface area contributed by atoms with Crippen molar-refractivity contribution in [1.82, 2.24) is 19.2 Å². The number of nitrogens with two attached hydrogens (primary N) is 1. The van der Waals surface area contributed by atoms with Gasteiger partial charge in [0.1, 0.15) is 11.6 Å². The van der Waals surface area contributed by atoms with Crippen molar-refractivity contribution in [3.63, 3.8) is 0 Å². The van der Waals surface area contributed by atoms with Crippen molar-refractivity contribution in [3.05, 3.63) is 119 Å². The molecule has 0 unspecified atom stereocenters. The van der Waals surface area contributed by atoms with Crippen LogP contribution in [-0.2, 0) is 27.1 Å². The fourth-order valence-electron chi connectivity index (χ4n) is 5.91. The minimum absolute atomic E-state index is 0.0721. The summed E-state index contributed by atoms with van der Waals surface area (Å²) in [4.78, 5) is 31.7. The molecule has 0 saturated heterocycles. The molecule has 224 valence electrons. The van der Waals surface area contributed by atoms with E-state index in [4.69, 9.17) is 5.73 Å². The van der Waals surface area contributed by atoms with Gasteiger partial charge in [0.15, 0.2) is 0 Å². The highest BCUT2D eigenvalue weighted by Crippen LogP contribution is 2.35. The zero-order chi connectivity index (χ0) is 31.1. The number of halogens is 1. The Morgan fingerprint density at radius 2 is 1.73 bits per heavy atom. The molecule has 0 fully saturated rings. The first-order valence-corrected chi connectivity index (χ1v) is 14.3. The third-order valence-corrected chi connectivity index (χ3v) is 8.40. The minimum Gasteiger partial charge on any atom is -0.508 e. The third-order valence-electron chi connectivity index (χ3n) is 8.40. The second-order valence-electron chi connectivity index (χ2n) is 11.1. The molecule has 3 aromatic carbocycles. The van der Waals surface area contributed by atoms with E-state index in [0.29, 0.717) is 59.0 Å². The molecule has 3 N–H and O–H groups in total. The summed E-state index contributed by atoms with van der Waals surface area (Å²) >= 11 is 0. The Morgan fingerprint density at radius 1 is 1.00 bits per heavy atom. The maximum absolute atomic E-state index is 14.8. The number of fused-ring (bicyclic) bond motifs is 1. The molecule has 2 amide bonds. The standard InChI is InChI=1S/C34H33FN6O3/c1-21-30(34(44)41(27-18-37-38(2)20-27)25-9-11-28(42)12-10-25)16-32(39(21)3)31-15-24(35)8-13-29(31)33(43)40-19-23-7-5-4-6-22(23)14-26(40)17-36/h4-13,15-16,18,20,26,42H,14,17,19,36H2,1-3H3/t26-/m0/s1. The first kappa shape index (κ1) is 28.9. The lowest BCUT2D eigenvalue weighted by Gasteiger charge is -2.36. The largest absolute Gasteiger partial charge is 0.508 e. The van der Waals surface area contributed by atoms with E-state index >= 15 is 0 Å². The second kappa shape index (κ2) is 11.5. The fraction of sp³-hybridized carbons (Fsp3) is 0.206. The fourth-order valence-corrected chi connectivity index (χ4v) is 5.91. The Morgan fingerprint density at radius 3 is 2.41 bits per heavy atom. The molecule has 2 aromatic heterocycles. The Bertz CT molecular complexity index is 1880. The maximum atomic E-state index is 14.8. The van der Waals surface area contributed by atoms with Gasteiger partial charge in [-0.15, -0.1) is 0 Å². The average Bonchev–Trinajstić information content (AvgIpc) is 3.58. The number of carbonyl (C=O) groups is 2. The number of aromatic hydroxyl groups is 1. The zero-order valence-corrected chi connectivity index (χ0v) is 24.7. The molecule has 0 saturated carbocycles. The van der Waals surface area contributed by atoms with Gasteiger partial charge in [0, 0.05) is 67.6 Å². The highest BCUT2D eigenvalue weighted by atomic mass is 19.1. The summed E-state index contributed by atoms with van der Waals surface area (Å²) in [5.41, 5.74) is 11.7. The molecule has 3 heterocycles. The van der Waals surface area contributed by atoms with Crippen molar-refractivity contribution in [2.75, 3.05) is 11.4 Å². The summed E-state index contributed by atoms with van der Waals surface area (Å²) in [6.45, 7) is 2.50. The van der Waals surface area contributed by atoms with Crippen LogP contribution < -0.4 is 10.6 Å². The van der Waals surface area contributed by atoms with E-state index in [-0.39, 0.29) is 23.6 Å². The number of amides is 2. The number of hydrogen-bond donors (Lipinski definition) is 2. The van der Waals surface area contributed by atoms with Gasteiger partial charge in [-0.3, -0.25) is 19.2 Å². The maximum Gasteiger partial charge on any atom is 0.264 e. The van der Waals surface area contributed by atoms with Crippen LogP contribution in [0.3, 0.4) is 0 Å². The quantitative estimate of drug-likeness (QED) is 0.286. The monoisotopic (exact) mass is 592 g/mol. The van der Waals surface area contributed by atoms with Gasteiger partial charge in [-0.25, -0.2) is 4.39 Å². The van der Waals surface area contributed by atoms with Crippen LogP contribution in [0.1, 0.15) is 37.5 Å². The van der Waals surface area contributed by atoms with Crippen LogP contribution >= 0.6 is 0 Å². The van der Waals surface area contributed by atoms with Crippen LogP contribution in [0.4, 0.5) is 15.8 Å². The molecule has 1 aliphatic heterocycles. The summed E-state index contributed by atoms with van der Waals surface area (Å²) in [5, 5.41) is 14.1. The summed E-state index contributed by atoms with van der Waals surface area (Å²) in [6.07, 6.45) is 3.94. The van der Waals surface area contributed by atoms with Gasteiger partial charge in [0.25, 0.3) is 11.8 Å². The van der Waals surface area contributed by atoms with Crippen LogP contribution in [0.15, 0.2) is 85.2 Å². The summed E-state index contributed by atoms with van der Waals surface area (Å²) in [7, 11) is 3.54. The Labute approximate surface area is 254 Å². The number of carbonyl (C=O) groups excluding carboxylic acids is 2. The van der Waals surface area contributed by atoms with Crippen molar-refractivity contribution in [2.45, 2.75) is 25.9 Å². The van der Waals surface area contributed by atoms with Crippen molar-refractivity contribution >= 4 is 23.2 Å². The molecule has 0 bridgehead atoms. The van der Waals surface area contributed by atoms with Gasteiger partial charge in [-0.2, -0.15) is 5.10 Å². The molecule has 0 spiro atoms. The highest BCUT2D eigenvalue weighted by Gasteiger charge is 2.32. The Balaban J connectivity index is 1.42. The average molecular weight is 593 g/mol. The van der Waals surface area contributed by atoms with Gasteiger partial charge in [-0.05, 0) is 73.0 Å². The van der Waals surface area contributed by atoms with Gasteiger partial charge in [-0.1, -0.05) is 24.3 Å². The number of aryl methyl sites for hydroxylation is 1. The molecule has 9 nitrogen and oxygen atoms in total. The van der Waals surface area contributed by atoms with E-state index in [1.54, 1.807) is 58.8 Å². The van der Waals surface area contributed by atoms with E-state index in [1.165, 1.54) is 40.8 Å². The number of nitrogens with zero attached hydrogens (tertiary/aromatic N) is 5. The lowest BCUT2D eigenvalue weighted by molar-refractivity contribution is 0.0648. The van der Waals surface area contributed by atoms with E-state index in [9.17, 15) is 19.1 Å². The van der Waals surface area contributed by atoms with Crippen molar-refractivity contribution in [3.8, 4) is 17.0 Å². The van der Waals surface area contributed by atoms with E-state index in [0.717, 1.165) is 5.56 Å². The Hall–Kier alpha value is -5.22. The smallest absolute Gasteiger partial charge is 0.264 e. The molecular weight excluding hydrogens is 559 g/mol. The Kier molecular flexibility index (Phi) is 7.52. The number of hydrogen-bond acceptors (Lipinski definition) is 5. The van der Waals surface area contributed by atoms with Crippen molar-refractivity contribution in [2.24, 2.45) is 19.8 Å². The van der Waals surface area contributed by atoms with Gasteiger partial charge in [0.2, 0.25) is 0 Å². The predicted octanol–water partition coefficient (Wildman–Crippen LogP) is 5.08. The summed E-state index contributed by atoms with van der Waals surface area (Å²) in [5.74, 6) is -1.02. The third kappa shape index (κ3) is 5.13. The van der Waals surface area contributed by atoms with E-state index in [1.807, 2.05) is 25.1 Å². The lowest BCUT2D eigenvalue weighted by atomic mass is 9.92. The van der Waals surface area contributed by atoms with Crippen LogP contribution in [0.2, 0.25) is 0 Å². The SMILES string of the molecule is Cc1c(C(=O)N(c2ccc(O)cc2)c2cnn(C)c2)cc(-c2cc(F)ccc2C(=O)N2Cc3ccccc3C[C@H]2CN)n1C. The van der Waals surface area contributed by atoms with E-state index < -0.39 is 5.82 Å². The number of anilines is 2. The number of benzene rings is 3. The summed E-state index contributed by atoms with van der Waals surface area (Å²) < 4.78 is 18.2. The second-order valence-corrected chi connectivity index (χ2v) is 11.1. The molecule has 5 aromatic rings. The van der Waals surface area contributed by atoms with Crippen LogP contribution in [0.25, 0.3) is 11.3 Å². The molecule has 10 heteroatoms. The number of phenols is 1. The molecule has 0 aliphatic carbocycles. The number of aromatic nitrogens is 3. The predicted molar refractivity (Wildman–Crippen MR) is 166 cm³/mol. The number of phenolic OH excluding ortho intramolecular Hbond substituents is 1. The van der Waals surface area contributed by atoms with Crippen LogP contribution in [0, 0.1) is 12.7 Å². The molecule has 0 radical (unpaired) electrons. The van der Waals surface area contributed by atoms with E-state index in [2.05, 4.69) is 11.2 Å².